The molecule has 3 rings (SSSR count). The average molecular weight is 409 g/mol. The highest BCUT2D eigenvalue weighted by atomic mass is 79.9. The predicted octanol–water partition coefficient (Wildman–Crippen LogP) is 4.04. The van der Waals surface area contributed by atoms with E-state index in [0.717, 1.165) is 27.4 Å². The Labute approximate surface area is 154 Å². The summed E-state index contributed by atoms with van der Waals surface area (Å²) in [6.07, 6.45) is 3.22. The summed E-state index contributed by atoms with van der Waals surface area (Å²) in [6.45, 7) is 4.04. The van der Waals surface area contributed by atoms with Crippen LogP contribution >= 0.6 is 27.7 Å². The lowest BCUT2D eigenvalue weighted by Gasteiger charge is -2.17. The molecule has 0 radical (unpaired) electrons. The van der Waals surface area contributed by atoms with E-state index in [-0.39, 0.29) is 11.9 Å². The molecule has 1 fully saturated rings. The first-order valence-corrected chi connectivity index (χ1v) is 9.95. The Balaban J connectivity index is 1.57. The number of aryl methyl sites for hydroxylation is 1. The molecule has 1 heterocycles. The maximum absolute atomic E-state index is 12.3. The van der Waals surface area contributed by atoms with Crippen LogP contribution in [0, 0.1) is 6.92 Å². The van der Waals surface area contributed by atoms with Crippen molar-refractivity contribution in [3.63, 3.8) is 0 Å². The third-order valence-corrected chi connectivity index (χ3v) is 5.57. The quantitative estimate of drug-likeness (QED) is 0.702. The molecule has 1 aromatic heterocycles. The largest absolute Gasteiger partial charge is 0.349 e. The van der Waals surface area contributed by atoms with Gasteiger partial charge in [-0.05, 0) is 43.9 Å². The van der Waals surface area contributed by atoms with Gasteiger partial charge in [0.1, 0.15) is 5.82 Å². The summed E-state index contributed by atoms with van der Waals surface area (Å²) in [6, 6.07) is 8.64. The number of carbonyl (C=O) groups excluding carboxylic acids is 1. The van der Waals surface area contributed by atoms with Crippen LogP contribution in [0.4, 0.5) is 0 Å². The number of amides is 1. The van der Waals surface area contributed by atoms with Crippen molar-refractivity contribution >= 4 is 33.6 Å². The molecule has 128 valence electrons. The second kappa shape index (κ2) is 7.70. The molecule has 5 nitrogen and oxygen atoms in total. The molecule has 2 aromatic rings. The van der Waals surface area contributed by atoms with Gasteiger partial charge in [0.25, 0.3) is 0 Å². The zero-order chi connectivity index (χ0) is 17.1. The topological polar surface area (TPSA) is 59.8 Å². The number of hydrogen-bond donors (Lipinski definition) is 1. The minimum Gasteiger partial charge on any atom is -0.349 e. The van der Waals surface area contributed by atoms with Gasteiger partial charge >= 0.3 is 0 Å². The van der Waals surface area contributed by atoms with Crippen LogP contribution in [0.3, 0.4) is 0 Å². The van der Waals surface area contributed by atoms with Crippen molar-refractivity contribution in [1.29, 1.82) is 0 Å². The zero-order valence-electron chi connectivity index (χ0n) is 13.8. The van der Waals surface area contributed by atoms with E-state index in [1.54, 1.807) is 0 Å². The Morgan fingerprint density at radius 1 is 1.38 bits per heavy atom. The molecule has 7 heteroatoms. The van der Waals surface area contributed by atoms with Gasteiger partial charge in [-0.1, -0.05) is 46.7 Å². The number of halogens is 1. The van der Waals surface area contributed by atoms with Gasteiger partial charge in [0, 0.05) is 10.5 Å². The Kier molecular flexibility index (Phi) is 5.61. The molecule has 1 atom stereocenters. The van der Waals surface area contributed by atoms with Crippen molar-refractivity contribution in [2.75, 3.05) is 5.75 Å². The lowest BCUT2D eigenvalue weighted by Crippen LogP contribution is -2.29. The molecule has 1 aromatic carbocycles. The summed E-state index contributed by atoms with van der Waals surface area (Å²) in [5.74, 6) is 1.32. The van der Waals surface area contributed by atoms with Crippen LogP contribution < -0.4 is 5.32 Å². The van der Waals surface area contributed by atoms with Crippen LogP contribution in [0.5, 0.6) is 0 Å². The van der Waals surface area contributed by atoms with Crippen molar-refractivity contribution < 1.29 is 4.79 Å². The highest BCUT2D eigenvalue weighted by Crippen LogP contribution is 2.38. The highest BCUT2D eigenvalue weighted by Gasteiger charge is 2.28. The molecule has 0 aliphatic heterocycles. The minimum atomic E-state index is 0.0257. The molecule has 1 saturated carbocycles. The molecule has 1 aliphatic rings. The van der Waals surface area contributed by atoms with Crippen molar-refractivity contribution in [2.24, 2.45) is 0 Å². The summed E-state index contributed by atoms with van der Waals surface area (Å²) in [7, 11) is 0. The van der Waals surface area contributed by atoms with Crippen LogP contribution in [0.2, 0.25) is 0 Å². The SMILES string of the molecule is CC[C@H](NC(=O)CSc1nnc(C)n1C1CC1)c1ccc(Br)cc1. The van der Waals surface area contributed by atoms with Crippen molar-refractivity contribution in [3.05, 3.63) is 40.1 Å². The van der Waals surface area contributed by atoms with E-state index in [1.807, 2.05) is 31.2 Å². The number of hydrogen-bond acceptors (Lipinski definition) is 4. The number of nitrogens with zero attached hydrogens (tertiary/aromatic N) is 3. The number of carbonyl (C=O) groups is 1. The van der Waals surface area contributed by atoms with E-state index in [0.29, 0.717) is 11.8 Å². The minimum absolute atomic E-state index is 0.0257. The maximum atomic E-state index is 12.3. The third kappa shape index (κ3) is 4.19. The fourth-order valence-electron chi connectivity index (χ4n) is 2.68. The van der Waals surface area contributed by atoms with E-state index in [1.165, 1.54) is 24.6 Å². The molecule has 0 unspecified atom stereocenters. The summed E-state index contributed by atoms with van der Waals surface area (Å²) < 4.78 is 3.20. The Hall–Kier alpha value is -1.34. The van der Waals surface area contributed by atoms with Crippen LogP contribution in [0.1, 0.15) is 49.7 Å². The summed E-state index contributed by atoms with van der Waals surface area (Å²) in [5, 5.41) is 12.3. The monoisotopic (exact) mass is 408 g/mol. The Bertz CT molecular complexity index is 712. The van der Waals surface area contributed by atoms with Crippen LogP contribution in [-0.2, 0) is 4.79 Å². The number of benzene rings is 1. The predicted molar refractivity (Wildman–Crippen MR) is 99.1 cm³/mol. The molecular weight excluding hydrogens is 388 g/mol. The molecule has 0 bridgehead atoms. The molecular formula is C17H21BrN4OS. The smallest absolute Gasteiger partial charge is 0.230 e. The summed E-state index contributed by atoms with van der Waals surface area (Å²) in [4.78, 5) is 12.3. The number of thioether (sulfide) groups is 1. The lowest BCUT2D eigenvalue weighted by molar-refractivity contribution is -0.119. The van der Waals surface area contributed by atoms with E-state index in [9.17, 15) is 4.79 Å². The second-order valence-corrected chi connectivity index (χ2v) is 7.86. The standard InChI is InChI=1S/C17H21BrN4OS/c1-3-15(12-4-6-13(18)7-5-12)19-16(23)10-24-17-21-20-11(2)22(17)14-8-9-14/h4-7,14-15H,3,8-10H2,1-2H3,(H,19,23)/t15-/m0/s1. The molecule has 1 N–H and O–H groups in total. The highest BCUT2D eigenvalue weighted by molar-refractivity contribution is 9.10. The zero-order valence-corrected chi connectivity index (χ0v) is 16.2. The Morgan fingerprint density at radius 2 is 2.08 bits per heavy atom. The molecule has 0 spiro atoms. The van der Waals surface area contributed by atoms with Gasteiger partial charge in [-0.3, -0.25) is 4.79 Å². The van der Waals surface area contributed by atoms with Crippen LogP contribution in [0.15, 0.2) is 33.9 Å². The average Bonchev–Trinajstić information content (AvgIpc) is 3.34. The fraction of sp³-hybridized carbons (Fsp3) is 0.471. The van der Waals surface area contributed by atoms with Crippen molar-refractivity contribution in [2.45, 2.75) is 50.4 Å². The van der Waals surface area contributed by atoms with Gasteiger partial charge in [0.2, 0.25) is 5.91 Å². The second-order valence-electron chi connectivity index (χ2n) is 6.00. The van der Waals surface area contributed by atoms with Crippen LogP contribution in [-0.4, -0.2) is 26.4 Å². The number of rotatable bonds is 7. The van der Waals surface area contributed by atoms with Gasteiger partial charge in [0.15, 0.2) is 5.16 Å². The molecule has 0 saturated heterocycles. The first-order chi connectivity index (χ1) is 11.6. The first-order valence-electron chi connectivity index (χ1n) is 8.17. The van der Waals surface area contributed by atoms with Gasteiger partial charge in [-0.25, -0.2) is 0 Å². The maximum Gasteiger partial charge on any atom is 0.230 e. The normalized spacial score (nSPS) is 15.3. The van der Waals surface area contributed by atoms with Gasteiger partial charge in [0.05, 0.1) is 11.8 Å². The van der Waals surface area contributed by atoms with Gasteiger partial charge in [-0.15, -0.1) is 10.2 Å². The molecule has 24 heavy (non-hydrogen) atoms. The number of nitrogens with one attached hydrogen (secondary N) is 1. The molecule has 1 amide bonds. The fourth-order valence-corrected chi connectivity index (χ4v) is 3.81. The van der Waals surface area contributed by atoms with Crippen LogP contribution in [0.25, 0.3) is 0 Å². The molecule has 1 aliphatic carbocycles. The van der Waals surface area contributed by atoms with Gasteiger partial charge in [-0.2, -0.15) is 0 Å². The third-order valence-electron chi connectivity index (χ3n) is 4.10. The first kappa shape index (κ1) is 17.5. The van der Waals surface area contributed by atoms with Crippen molar-refractivity contribution in [3.8, 4) is 0 Å². The number of aromatic nitrogens is 3. The Morgan fingerprint density at radius 3 is 2.71 bits per heavy atom. The summed E-state index contributed by atoms with van der Waals surface area (Å²) >= 11 is 4.90. The van der Waals surface area contributed by atoms with E-state index >= 15 is 0 Å². The lowest BCUT2D eigenvalue weighted by atomic mass is 10.0. The summed E-state index contributed by atoms with van der Waals surface area (Å²) in [5.41, 5.74) is 1.12. The van der Waals surface area contributed by atoms with E-state index in [4.69, 9.17) is 0 Å². The van der Waals surface area contributed by atoms with E-state index < -0.39 is 0 Å². The van der Waals surface area contributed by atoms with Gasteiger partial charge < -0.3 is 9.88 Å². The van der Waals surface area contributed by atoms with E-state index in [2.05, 4.69) is 42.9 Å². The van der Waals surface area contributed by atoms with Crippen molar-refractivity contribution in [1.82, 2.24) is 20.1 Å².